The Morgan fingerprint density at radius 2 is 2.26 bits per heavy atom. The molecule has 2 aromatic heterocycles. The number of hydrogen-bond acceptors (Lipinski definition) is 5. The molecule has 0 fully saturated rings. The van der Waals surface area contributed by atoms with Crippen molar-refractivity contribution in [2.45, 2.75) is 32.7 Å². The molecule has 0 bridgehead atoms. The van der Waals surface area contributed by atoms with E-state index in [1.807, 2.05) is 36.8 Å². The van der Waals surface area contributed by atoms with Crippen LogP contribution in [-0.2, 0) is 4.74 Å². The summed E-state index contributed by atoms with van der Waals surface area (Å²) >= 11 is 1.53. The Labute approximate surface area is 140 Å². The Kier molecular flexibility index (Phi) is 5.56. The first-order chi connectivity index (χ1) is 10.9. The summed E-state index contributed by atoms with van der Waals surface area (Å²) in [5.74, 6) is -0.172. The zero-order chi connectivity index (χ0) is 17.0. The second-order valence-corrected chi connectivity index (χ2v) is 6.73. The van der Waals surface area contributed by atoms with E-state index in [0.29, 0.717) is 18.6 Å². The van der Waals surface area contributed by atoms with Gasteiger partial charge in [0.05, 0.1) is 17.7 Å². The monoisotopic (exact) mass is 337 g/mol. The topological polar surface area (TPSA) is 76.4 Å². The minimum atomic E-state index is -0.607. The van der Waals surface area contributed by atoms with Gasteiger partial charge in [-0.2, -0.15) is 0 Å². The molecule has 0 saturated carbocycles. The number of thiazole rings is 1. The molecule has 23 heavy (non-hydrogen) atoms. The Hall–Kier alpha value is -1.70. The van der Waals surface area contributed by atoms with Gasteiger partial charge in [0.15, 0.2) is 5.13 Å². The first kappa shape index (κ1) is 17.7. The number of amides is 1. The SMILES string of the molecule is COCC(C)(CCO)NC(=O)c1cc(C)n(-c2nccs2)c1C. The van der Waals surface area contributed by atoms with Crippen LogP contribution in [-0.4, -0.2) is 46.4 Å². The van der Waals surface area contributed by atoms with E-state index in [1.54, 1.807) is 13.3 Å². The molecule has 6 nitrogen and oxygen atoms in total. The summed E-state index contributed by atoms with van der Waals surface area (Å²) in [7, 11) is 1.58. The van der Waals surface area contributed by atoms with Gasteiger partial charge in [0, 0.05) is 36.7 Å². The lowest BCUT2D eigenvalue weighted by molar-refractivity contribution is 0.0725. The summed E-state index contributed by atoms with van der Waals surface area (Å²) in [5, 5.41) is 15.0. The average Bonchev–Trinajstić information content (AvgIpc) is 3.07. The number of rotatable bonds is 7. The Bertz CT molecular complexity index is 658. The Morgan fingerprint density at radius 3 is 2.83 bits per heavy atom. The first-order valence-corrected chi connectivity index (χ1v) is 8.31. The van der Waals surface area contributed by atoms with E-state index in [-0.39, 0.29) is 12.5 Å². The van der Waals surface area contributed by atoms with Crippen LogP contribution < -0.4 is 5.32 Å². The highest BCUT2D eigenvalue weighted by Gasteiger charge is 2.28. The highest BCUT2D eigenvalue weighted by atomic mass is 32.1. The number of hydrogen-bond donors (Lipinski definition) is 2. The molecule has 2 N–H and O–H groups in total. The minimum absolute atomic E-state index is 0.0156. The van der Waals surface area contributed by atoms with Crippen LogP contribution in [0.25, 0.3) is 5.13 Å². The number of methoxy groups -OCH3 is 1. The van der Waals surface area contributed by atoms with Crippen molar-refractivity contribution >= 4 is 17.2 Å². The molecule has 1 unspecified atom stereocenters. The molecule has 7 heteroatoms. The van der Waals surface area contributed by atoms with E-state index in [4.69, 9.17) is 4.74 Å². The fraction of sp³-hybridized carbons (Fsp3) is 0.500. The average molecular weight is 337 g/mol. The number of aryl methyl sites for hydroxylation is 1. The largest absolute Gasteiger partial charge is 0.396 e. The second-order valence-electron chi connectivity index (χ2n) is 5.86. The molecular formula is C16H23N3O3S. The highest BCUT2D eigenvalue weighted by molar-refractivity contribution is 7.12. The van der Waals surface area contributed by atoms with Crippen LogP contribution in [0, 0.1) is 13.8 Å². The quantitative estimate of drug-likeness (QED) is 0.811. The smallest absolute Gasteiger partial charge is 0.253 e. The van der Waals surface area contributed by atoms with E-state index < -0.39 is 5.54 Å². The van der Waals surface area contributed by atoms with Gasteiger partial charge in [-0.1, -0.05) is 0 Å². The zero-order valence-corrected chi connectivity index (χ0v) is 14.7. The summed E-state index contributed by atoms with van der Waals surface area (Å²) in [4.78, 5) is 17.0. The van der Waals surface area contributed by atoms with Gasteiger partial charge in [-0.25, -0.2) is 4.98 Å². The van der Waals surface area contributed by atoms with Crippen LogP contribution in [0.1, 0.15) is 35.1 Å². The number of carbonyl (C=O) groups excluding carboxylic acids is 1. The zero-order valence-electron chi connectivity index (χ0n) is 13.9. The molecule has 2 rings (SSSR count). The van der Waals surface area contributed by atoms with E-state index in [2.05, 4.69) is 10.3 Å². The maximum absolute atomic E-state index is 12.7. The third-order valence-corrected chi connectivity index (χ3v) is 4.58. The van der Waals surface area contributed by atoms with Gasteiger partial charge < -0.3 is 15.2 Å². The molecule has 1 amide bonds. The number of aromatic nitrogens is 2. The fourth-order valence-corrected chi connectivity index (χ4v) is 3.44. The normalized spacial score (nSPS) is 13.8. The molecule has 0 aliphatic carbocycles. The predicted molar refractivity (Wildman–Crippen MR) is 90.4 cm³/mol. The Balaban J connectivity index is 2.28. The molecule has 1 atom stereocenters. The number of nitrogens with one attached hydrogen (secondary N) is 1. The number of ether oxygens (including phenoxy) is 1. The number of carbonyl (C=O) groups is 1. The van der Waals surface area contributed by atoms with Crippen molar-refractivity contribution in [1.82, 2.24) is 14.9 Å². The van der Waals surface area contributed by atoms with Crippen LogP contribution in [0.2, 0.25) is 0 Å². The van der Waals surface area contributed by atoms with Crippen molar-refractivity contribution in [1.29, 1.82) is 0 Å². The van der Waals surface area contributed by atoms with Crippen molar-refractivity contribution in [3.63, 3.8) is 0 Å². The van der Waals surface area contributed by atoms with Gasteiger partial charge in [0.25, 0.3) is 5.91 Å². The lowest BCUT2D eigenvalue weighted by Gasteiger charge is -2.29. The van der Waals surface area contributed by atoms with Gasteiger partial charge in [0.2, 0.25) is 0 Å². The van der Waals surface area contributed by atoms with E-state index in [9.17, 15) is 9.90 Å². The van der Waals surface area contributed by atoms with Crippen molar-refractivity contribution < 1.29 is 14.6 Å². The van der Waals surface area contributed by atoms with Crippen molar-refractivity contribution in [3.05, 3.63) is 34.6 Å². The summed E-state index contributed by atoms with van der Waals surface area (Å²) in [6.07, 6.45) is 2.17. The molecule has 0 radical (unpaired) electrons. The summed E-state index contributed by atoms with van der Waals surface area (Å²) in [5.41, 5.74) is 1.80. The molecule has 0 spiro atoms. The molecule has 2 heterocycles. The fourth-order valence-electron chi connectivity index (χ4n) is 2.69. The molecule has 0 aliphatic heterocycles. The maximum atomic E-state index is 12.7. The van der Waals surface area contributed by atoms with Crippen molar-refractivity contribution in [2.24, 2.45) is 0 Å². The number of aliphatic hydroxyl groups is 1. The van der Waals surface area contributed by atoms with E-state index >= 15 is 0 Å². The third kappa shape index (κ3) is 3.80. The highest BCUT2D eigenvalue weighted by Crippen LogP contribution is 2.23. The summed E-state index contributed by atoms with van der Waals surface area (Å²) in [6, 6.07) is 1.86. The molecular weight excluding hydrogens is 314 g/mol. The lowest BCUT2D eigenvalue weighted by Crippen LogP contribution is -2.50. The van der Waals surface area contributed by atoms with Gasteiger partial charge >= 0.3 is 0 Å². The van der Waals surface area contributed by atoms with Crippen molar-refractivity contribution in [3.8, 4) is 5.13 Å². The van der Waals surface area contributed by atoms with Crippen molar-refractivity contribution in [2.75, 3.05) is 20.3 Å². The van der Waals surface area contributed by atoms with Gasteiger partial charge in [-0.05, 0) is 33.3 Å². The predicted octanol–water partition coefficient (Wildman–Crippen LogP) is 2.07. The second kappa shape index (κ2) is 7.25. The van der Waals surface area contributed by atoms with Crippen LogP contribution in [0.3, 0.4) is 0 Å². The van der Waals surface area contributed by atoms with Gasteiger partial charge in [-0.15, -0.1) is 11.3 Å². The number of nitrogens with zero attached hydrogens (tertiary/aromatic N) is 2. The standard InChI is InChI=1S/C16H23N3O3S/c1-11-9-13(12(2)19(11)15-17-6-8-23-15)14(21)18-16(3,5-7-20)10-22-4/h6,8-9,20H,5,7,10H2,1-4H3,(H,18,21). The number of aliphatic hydroxyl groups excluding tert-OH is 1. The minimum Gasteiger partial charge on any atom is -0.396 e. The molecule has 0 saturated heterocycles. The van der Waals surface area contributed by atoms with Crippen LogP contribution >= 0.6 is 11.3 Å². The molecule has 0 aliphatic rings. The summed E-state index contributed by atoms with van der Waals surface area (Å²) in [6.45, 7) is 6.05. The first-order valence-electron chi connectivity index (χ1n) is 7.43. The maximum Gasteiger partial charge on any atom is 0.253 e. The van der Waals surface area contributed by atoms with Gasteiger partial charge in [-0.3, -0.25) is 9.36 Å². The van der Waals surface area contributed by atoms with Crippen LogP contribution in [0.5, 0.6) is 0 Å². The van der Waals surface area contributed by atoms with E-state index in [0.717, 1.165) is 16.5 Å². The Morgan fingerprint density at radius 1 is 1.52 bits per heavy atom. The van der Waals surface area contributed by atoms with Gasteiger partial charge in [0.1, 0.15) is 0 Å². The van der Waals surface area contributed by atoms with Crippen LogP contribution in [0.15, 0.2) is 17.6 Å². The van der Waals surface area contributed by atoms with Crippen LogP contribution in [0.4, 0.5) is 0 Å². The third-order valence-electron chi connectivity index (χ3n) is 3.83. The molecule has 2 aromatic rings. The molecule has 0 aromatic carbocycles. The molecule has 126 valence electrons. The van der Waals surface area contributed by atoms with E-state index in [1.165, 1.54) is 11.3 Å². The summed E-state index contributed by atoms with van der Waals surface area (Å²) < 4.78 is 7.15. The lowest BCUT2D eigenvalue weighted by atomic mass is 9.98.